The minimum absolute atomic E-state index is 0.225. The van der Waals surface area contributed by atoms with Gasteiger partial charge in [-0.3, -0.25) is 5.84 Å². The Labute approximate surface area is 94.3 Å². The van der Waals surface area contributed by atoms with Crippen LogP contribution in [0.15, 0.2) is 24.3 Å². The number of methoxy groups -OCH3 is 2. The second-order valence-electron chi connectivity index (χ2n) is 3.04. The van der Waals surface area contributed by atoms with Crippen molar-refractivity contribution in [2.75, 3.05) is 14.2 Å². The van der Waals surface area contributed by atoms with Crippen LogP contribution >= 0.6 is 11.6 Å². The lowest BCUT2D eigenvalue weighted by Crippen LogP contribution is -2.38. The summed E-state index contributed by atoms with van der Waals surface area (Å²) in [5.74, 6) is 5.45. The molecule has 1 aromatic rings. The summed E-state index contributed by atoms with van der Waals surface area (Å²) in [7, 11) is 3.13. The lowest BCUT2D eigenvalue weighted by Gasteiger charge is -2.24. The number of nitrogens with one attached hydrogen (secondary N) is 1. The highest BCUT2D eigenvalue weighted by molar-refractivity contribution is 6.30. The molecular formula is C10H15ClN2O2. The van der Waals surface area contributed by atoms with Crippen molar-refractivity contribution in [3.8, 4) is 0 Å². The zero-order valence-electron chi connectivity index (χ0n) is 8.74. The third-order valence-corrected chi connectivity index (χ3v) is 2.40. The van der Waals surface area contributed by atoms with Gasteiger partial charge in [-0.05, 0) is 17.7 Å². The molecular weight excluding hydrogens is 216 g/mol. The molecule has 0 fully saturated rings. The van der Waals surface area contributed by atoms with Gasteiger partial charge in [0.1, 0.15) is 0 Å². The highest BCUT2D eigenvalue weighted by Gasteiger charge is 2.21. The van der Waals surface area contributed by atoms with E-state index < -0.39 is 6.29 Å². The normalized spacial score (nSPS) is 13.1. The van der Waals surface area contributed by atoms with Crippen LogP contribution in [0.2, 0.25) is 5.02 Å². The molecule has 84 valence electrons. The van der Waals surface area contributed by atoms with E-state index in [-0.39, 0.29) is 6.04 Å². The van der Waals surface area contributed by atoms with Crippen LogP contribution in [-0.2, 0) is 9.47 Å². The molecule has 0 aliphatic rings. The number of benzene rings is 1. The molecule has 0 saturated heterocycles. The summed E-state index contributed by atoms with van der Waals surface area (Å²) in [4.78, 5) is 0. The summed E-state index contributed by atoms with van der Waals surface area (Å²) < 4.78 is 10.3. The maximum absolute atomic E-state index is 5.79. The number of hydrogen-bond donors (Lipinski definition) is 2. The molecule has 5 heteroatoms. The highest BCUT2D eigenvalue weighted by atomic mass is 35.5. The van der Waals surface area contributed by atoms with Gasteiger partial charge in [-0.1, -0.05) is 23.7 Å². The van der Waals surface area contributed by atoms with Crippen LogP contribution in [0.1, 0.15) is 11.6 Å². The van der Waals surface area contributed by atoms with Gasteiger partial charge in [0.25, 0.3) is 0 Å². The lowest BCUT2D eigenvalue weighted by molar-refractivity contribution is -0.124. The Kier molecular flexibility index (Phi) is 5.01. The summed E-state index contributed by atoms with van der Waals surface area (Å²) in [5.41, 5.74) is 3.60. The summed E-state index contributed by atoms with van der Waals surface area (Å²) in [6, 6.07) is 7.11. The van der Waals surface area contributed by atoms with Gasteiger partial charge < -0.3 is 9.47 Å². The Morgan fingerprint density at radius 2 is 1.73 bits per heavy atom. The maximum atomic E-state index is 5.79. The minimum Gasteiger partial charge on any atom is -0.354 e. The van der Waals surface area contributed by atoms with Crippen LogP contribution in [0.25, 0.3) is 0 Å². The molecule has 0 aliphatic heterocycles. The van der Waals surface area contributed by atoms with Gasteiger partial charge in [-0.15, -0.1) is 0 Å². The summed E-state index contributed by atoms with van der Waals surface area (Å²) in [6.07, 6.45) is -0.434. The van der Waals surface area contributed by atoms with Crippen LogP contribution in [0, 0.1) is 0 Å². The third-order valence-electron chi connectivity index (χ3n) is 2.15. The Balaban J connectivity index is 2.86. The van der Waals surface area contributed by atoms with E-state index in [2.05, 4.69) is 5.43 Å². The molecule has 1 unspecified atom stereocenters. The Bertz CT molecular complexity index is 288. The average molecular weight is 231 g/mol. The van der Waals surface area contributed by atoms with E-state index in [4.69, 9.17) is 26.9 Å². The predicted molar refractivity (Wildman–Crippen MR) is 59.3 cm³/mol. The number of rotatable bonds is 5. The lowest BCUT2D eigenvalue weighted by atomic mass is 10.1. The number of nitrogens with two attached hydrogens (primary N) is 1. The number of hydrogen-bond acceptors (Lipinski definition) is 4. The summed E-state index contributed by atoms with van der Waals surface area (Å²) >= 11 is 5.79. The van der Waals surface area contributed by atoms with E-state index in [9.17, 15) is 0 Å². The van der Waals surface area contributed by atoms with Crippen molar-refractivity contribution in [2.24, 2.45) is 5.84 Å². The van der Waals surface area contributed by atoms with Gasteiger partial charge in [0, 0.05) is 19.2 Å². The van der Waals surface area contributed by atoms with Crippen molar-refractivity contribution in [1.29, 1.82) is 0 Å². The van der Waals surface area contributed by atoms with E-state index >= 15 is 0 Å². The zero-order chi connectivity index (χ0) is 11.3. The van der Waals surface area contributed by atoms with Crippen molar-refractivity contribution in [2.45, 2.75) is 12.3 Å². The van der Waals surface area contributed by atoms with Gasteiger partial charge in [0.2, 0.25) is 0 Å². The first-order chi connectivity index (χ1) is 7.22. The molecule has 4 nitrogen and oxygen atoms in total. The van der Waals surface area contributed by atoms with E-state index in [1.54, 1.807) is 26.4 Å². The Morgan fingerprint density at radius 3 is 2.13 bits per heavy atom. The fraction of sp³-hybridized carbons (Fsp3) is 0.400. The van der Waals surface area contributed by atoms with E-state index in [0.717, 1.165) is 5.56 Å². The molecule has 0 spiro atoms. The van der Waals surface area contributed by atoms with Crippen molar-refractivity contribution in [3.05, 3.63) is 34.9 Å². The third kappa shape index (κ3) is 3.15. The average Bonchev–Trinajstić information content (AvgIpc) is 2.27. The molecule has 1 rings (SSSR count). The first kappa shape index (κ1) is 12.4. The second kappa shape index (κ2) is 6.05. The smallest absolute Gasteiger partial charge is 0.177 e. The summed E-state index contributed by atoms with van der Waals surface area (Å²) in [5, 5.41) is 0.681. The van der Waals surface area contributed by atoms with E-state index in [0.29, 0.717) is 5.02 Å². The van der Waals surface area contributed by atoms with E-state index in [1.165, 1.54) is 0 Å². The molecule has 0 heterocycles. The molecule has 0 bridgehead atoms. The topological polar surface area (TPSA) is 56.5 Å². The fourth-order valence-electron chi connectivity index (χ4n) is 1.37. The van der Waals surface area contributed by atoms with Gasteiger partial charge in [0.05, 0.1) is 6.04 Å². The SMILES string of the molecule is COC(OC)C(NN)c1ccc(Cl)cc1. The molecule has 1 atom stereocenters. The fourth-order valence-corrected chi connectivity index (χ4v) is 1.50. The quantitative estimate of drug-likeness (QED) is 0.457. The van der Waals surface area contributed by atoms with Crippen LogP contribution in [0.5, 0.6) is 0 Å². The first-order valence-corrected chi connectivity index (χ1v) is 4.88. The van der Waals surface area contributed by atoms with Gasteiger partial charge in [-0.25, -0.2) is 5.43 Å². The zero-order valence-corrected chi connectivity index (χ0v) is 9.49. The minimum atomic E-state index is -0.434. The monoisotopic (exact) mass is 230 g/mol. The standard InChI is InChI=1S/C10H15ClN2O2/c1-14-10(15-2)9(13-12)7-3-5-8(11)6-4-7/h3-6,9-10,13H,12H2,1-2H3. The molecule has 15 heavy (non-hydrogen) atoms. The van der Waals surface area contributed by atoms with Crippen LogP contribution in [-0.4, -0.2) is 20.5 Å². The first-order valence-electron chi connectivity index (χ1n) is 4.50. The van der Waals surface area contributed by atoms with E-state index in [1.807, 2.05) is 12.1 Å². The van der Waals surface area contributed by atoms with Gasteiger partial charge in [-0.2, -0.15) is 0 Å². The number of ether oxygens (including phenoxy) is 2. The number of halogens is 1. The molecule has 0 amide bonds. The summed E-state index contributed by atoms with van der Waals surface area (Å²) in [6.45, 7) is 0. The van der Waals surface area contributed by atoms with Crippen LogP contribution in [0.3, 0.4) is 0 Å². The Morgan fingerprint density at radius 1 is 1.20 bits per heavy atom. The van der Waals surface area contributed by atoms with Crippen molar-refractivity contribution >= 4 is 11.6 Å². The van der Waals surface area contributed by atoms with Crippen LogP contribution < -0.4 is 11.3 Å². The maximum Gasteiger partial charge on any atom is 0.177 e. The predicted octanol–water partition coefficient (Wildman–Crippen LogP) is 1.46. The van der Waals surface area contributed by atoms with Gasteiger partial charge in [0.15, 0.2) is 6.29 Å². The van der Waals surface area contributed by atoms with Crippen molar-refractivity contribution in [3.63, 3.8) is 0 Å². The van der Waals surface area contributed by atoms with Crippen molar-refractivity contribution < 1.29 is 9.47 Å². The largest absolute Gasteiger partial charge is 0.354 e. The molecule has 0 aromatic heterocycles. The van der Waals surface area contributed by atoms with Crippen LogP contribution in [0.4, 0.5) is 0 Å². The number of hydrazine groups is 1. The molecule has 0 saturated carbocycles. The van der Waals surface area contributed by atoms with Crippen molar-refractivity contribution in [1.82, 2.24) is 5.43 Å². The van der Waals surface area contributed by atoms with Gasteiger partial charge >= 0.3 is 0 Å². The molecule has 0 aliphatic carbocycles. The second-order valence-corrected chi connectivity index (χ2v) is 3.47. The highest BCUT2D eigenvalue weighted by Crippen LogP contribution is 2.20. The molecule has 0 radical (unpaired) electrons. The molecule has 3 N–H and O–H groups in total. The Hall–Kier alpha value is -0.650. The molecule has 1 aromatic carbocycles.